The number of hydrogen-bond donors (Lipinski definition) is 1. The summed E-state index contributed by atoms with van der Waals surface area (Å²) in [5.74, 6) is 0. The number of nitrogens with zero attached hydrogens (tertiary/aromatic N) is 2. The van der Waals surface area contributed by atoms with Crippen LogP contribution in [0.25, 0.3) is 0 Å². The first-order valence-electron chi connectivity index (χ1n) is 6.24. The molecule has 0 aliphatic rings. The van der Waals surface area contributed by atoms with E-state index in [9.17, 15) is 8.42 Å². The van der Waals surface area contributed by atoms with Crippen molar-refractivity contribution in [2.45, 2.75) is 25.7 Å². The predicted molar refractivity (Wildman–Crippen MR) is 86.9 cm³/mol. The molecular formula is C14H20N2O3S2. The molecule has 21 heavy (non-hydrogen) atoms. The molecule has 0 unspecified atom stereocenters. The molecule has 0 atom stereocenters. The monoisotopic (exact) mass is 328 g/mol. The van der Waals surface area contributed by atoms with E-state index in [-0.39, 0.29) is 4.90 Å². The van der Waals surface area contributed by atoms with Crippen LogP contribution in [0.5, 0.6) is 0 Å². The topological polar surface area (TPSA) is 70.5 Å². The number of aryl methyl sites for hydroxylation is 3. The number of benzene rings is 1. The second kappa shape index (κ2) is 7.02. The molecule has 5 nitrogen and oxygen atoms in total. The maximum Gasteiger partial charge on any atom is 0.295 e. The Morgan fingerprint density at radius 2 is 1.67 bits per heavy atom. The summed E-state index contributed by atoms with van der Waals surface area (Å²) < 4.78 is 30.8. The SMILES string of the molecule is CN(C)c1cncs1.Cc1cc(C)c(S(=O)(=O)O)c(C)c1. The molecule has 0 fully saturated rings. The summed E-state index contributed by atoms with van der Waals surface area (Å²) in [6.07, 6.45) is 1.85. The molecule has 0 amide bonds. The minimum atomic E-state index is -4.08. The van der Waals surface area contributed by atoms with Crippen LogP contribution in [0.4, 0.5) is 5.00 Å². The third kappa shape index (κ3) is 5.11. The second-order valence-electron chi connectivity index (χ2n) is 4.94. The molecule has 2 aromatic rings. The first-order valence-corrected chi connectivity index (χ1v) is 8.56. The fourth-order valence-electron chi connectivity index (χ4n) is 2.00. The quantitative estimate of drug-likeness (QED) is 0.858. The van der Waals surface area contributed by atoms with Crippen molar-refractivity contribution in [3.8, 4) is 0 Å². The van der Waals surface area contributed by atoms with Crippen LogP contribution in [-0.4, -0.2) is 32.0 Å². The number of aromatic nitrogens is 1. The van der Waals surface area contributed by atoms with Crippen molar-refractivity contribution in [1.82, 2.24) is 4.98 Å². The zero-order valence-electron chi connectivity index (χ0n) is 12.8. The van der Waals surface area contributed by atoms with Gasteiger partial charge < -0.3 is 4.90 Å². The van der Waals surface area contributed by atoms with Gasteiger partial charge in [0.15, 0.2) is 0 Å². The van der Waals surface area contributed by atoms with E-state index in [4.69, 9.17) is 4.55 Å². The fraction of sp³-hybridized carbons (Fsp3) is 0.357. The average Bonchev–Trinajstić information content (AvgIpc) is 2.78. The summed E-state index contributed by atoms with van der Waals surface area (Å²) >= 11 is 1.65. The van der Waals surface area contributed by atoms with E-state index in [1.54, 1.807) is 37.3 Å². The first-order chi connectivity index (χ1) is 9.62. The Balaban J connectivity index is 0.000000235. The smallest absolute Gasteiger partial charge is 0.295 e. The molecule has 0 bridgehead atoms. The third-order valence-electron chi connectivity index (χ3n) is 2.72. The summed E-state index contributed by atoms with van der Waals surface area (Å²) in [7, 11) is -0.0660. The van der Waals surface area contributed by atoms with Crippen LogP contribution in [0.2, 0.25) is 0 Å². The van der Waals surface area contributed by atoms with Gasteiger partial charge in [0.25, 0.3) is 10.1 Å². The van der Waals surface area contributed by atoms with Crippen LogP contribution in [0.15, 0.2) is 28.7 Å². The summed E-state index contributed by atoms with van der Waals surface area (Å²) in [5.41, 5.74) is 3.98. The number of anilines is 1. The van der Waals surface area contributed by atoms with Crippen molar-refractivity contribution in [1.29, 1.82) is 0 Å². The van der Waals surface area contributed by atoms with E-state index in [1.165, 1.54) is 5.00 Å². The highest BCUT2D eigenvalue weighted by atomic mass is 32.2. The molecular weight excluding hydrogens is 308 g/mol. The fourth-order valence-corrected chi connectivity index (χ4v) is 3.50. The minimum absolute atomic E-state index is 0.0260. The van der Waals surface area contributed by atoms with E-state index in [0.717, 1.165) is 5.56 Å². The summed E-state index contributed by atoms with van der Waals surface area (Å²) in [4.78, 5) is 5.99. The molecule has 2 rings (SSSR count). The van der Waals surface area contributed by atoms with Gasteiger partial charge in [-0.2, -0.15) is 8.42 Å². The summed E-state index contributed by atoms with van der Waals surface area (Å²) in [6.45, 7) is 5.22. The molecule has 0 radical (unpaired) electrons. The van der Waals surface area contributed by atoms with Gasteiger partial charge in [-0.15, -0.1) is 11.3 Å². The first kappa shape index (κ1) is 17.6. The highest BCUT2D eigenvalue weighted by molar-refractivity contribution is 7.86. The van der Waals surface area contributed by atoms with Crippen LogP contribution in [-0.2, 0) is 10.1 Å². The molecule has 1 N–H and O–H groups in total. The Labute approximate surface area is 130 Å². The van der Waals surface area contributed by atoms with Gasteiger partial charge in [-0.05, 0) is 31.9 Å². The van der Waals surface area contributed by atoms with Crippen molar-refractivity contribution in [3.63, 3.8) is 0 Å². The molecule has 1 heterocycles. The van der Waals surface area contributed by atoms with E-state index in [2.05, 4.69) is 4.98 Å². The molecule has 116 valence electrons. The minimum Gasteiger partial charge on any atom is -0.368 e. The van der Waals surface area contributed by atoms with Crippen molar-refractivity contribution in [2.75, 3.05) is 19.0 Å². The normalized spacial score (nSPS) is 10.8. The highest BCUT2D eigenvalue weighted by Gasteiger charge is 2.15. The van der Waals surface area contributed by atoms with Crippen molar-refractivity contribution in [2.24, 2.45) is 0 Å². The summed E-state index contributed by atoms with van der Waals surface area (Å²) in [5, 5.41) is 1.20. The maximum atomic E-state index is 10.9. The Bertz CT molecular complexity index is 670. The Morgan fingerprint density at radius 3 is 1.95 bits per heavy atom. The third-order valence-corrected chi connectivity index (χ3v) is 4.82. The van der Waals surface area contributed by atoms with Gasteiger partial charge in [-0.1, -0.05) is 17.7 Å². The van der Waals surface area contributed by atoms with Gasteiger partial charge in [0, 0.05) is 14.1 Å². The lowest BCUT2D eigenvalue weighted by atomic mass is 10.1. The molecule has 1 aromatic carbocycles. The molecule has 0 spiro atoms. The van der Waals surface area contributed by atoms with Crippen molar-refractivity contribution >= 4 is 26.5 Å². The van der Waals surface area contributed by atoms with Crippen LogP contribution in [0.1, 0.15) is 16.7 Å². The van der Waals surface area contributed by atoms with Crippen molar-refractivity contribution < 1.29 is 13.0 Å². The molecule has 1 aromatic heterocycles. The second-order valence-corrected chi connectivity index (χ2v) is 7.16. The van der Waals surface area contributed by atoms with E-state index >= 15 is 0 Å². The molecule has 0 saturated heterocycles. The molecule has 7 heteroatoms. The van der Waals surface area contributed by atoms with Gasteiger partial charge in [-0.3, -0.25) is 9.54 Å². The highest BCUT2D eigenvalue weighted by Crippen LogP contribution is 2.20. The number of hydrogen-bond acceptors (Lipinski definition) is 5. The lowest BCUT2D eigenvalue weighted by Crippen LogP contribution is -2.05. The zero-order valence-corrected chi connectivity index (χ0v) is 14.4. The Morgan fingerprint density at radius 1 is 1.14 bits per heavy atom. The van der Waals surface area contributed by atoms with Gasteiger partial charge >= 0.3 is 0 Å². The largest absolute Gasteiger partial charge is 0.368 e. The lowest BCUT2D eigenvalue weighted by molar-refractivity contribution is 0.482. The standard InChI is InChI=1S/C9H12O3S.C5H8N2S/c1-6-4-7(2)9(8(3)5-6)13(10,11)12;1-7(2)5-3-6-4-8-5/h4-5H,1-3H3,(H,10,11,12);3-4H,1-2H3. The van der Waals surface area contributed by atoms with Crippen molar-refractivity contribution in [3.05, 3.63) is 40.5 Å². The lowest BCUT2D eigenvalue weighted by Gasteiger charge is -2.07. The van der Waals surface area contributed by atoms with Crippen LogP contribution in [0, 0.1) is 20.8 Å². The average molecular weight is 328 g/mol. The van der Waals surface area contributed by atoms with E-state index < -0.39 is 10.1 Å². The van der Waals surface area contributed by atoms with Gasteiger partial charge in [-0.25, -0.2) is 0 Å². The molecule has 0 aliphatic heterocycles. The molecule has 0 aliphatic carbocycles. The van der Waals surface area contributed by atoms with Gasteiger partial charge in [0.1, 0.15) is 5.00 Å². The van der Waals surface area contributed by atoms with Crippen LogP contribution >= 0.6 is 11.3 Å². The Hall–Kier alpha value is -1.44. The zero-order chi connectivity index (χ0) is 16.2. The van der Waals surface area contributed by atoms with Gasteiger partial charge in [0.2, 0.25) is 0 Å². The Kier molecular flexibility index (Phi) is 5.88. The maximum absolute atomic E-state index is 10.9. The van der Waals surface area contributed by atoms with Crippen LogP contribution in [0.3, 0.4) is 0 Å². The van der Waals surface area contributed by atoms with E-state index in [0.29, 0.717) is 11.1 Å². The number of thiazole rings is 1. The predicted octanol–water partition coefficient (Wildman–Crippen LogP) is 3.07. The van der Waals surface area contributed by atoms with Crippen LogP contribution < -0.4 is 4.90 Å². The molecule has 0 saturated carbocycles. The van der Waals surface area contributed by atoms with Gasteiger partial charge in [0.05, 0.1) is 16.6 Å². The number of rotatable bonds is 2. The van der Waals surface area contributed by atoms with E-state index in [1.807, 2.05) is 37.6 Å². The summed E-state index contributed by atoms with van der Waals surface area (Å²) in [6, 6.07) is 3.46.